The van der Waals surface area contributed by atoms with Gasteiger partial charge in [-0.2, -0.15) is 0 Å². The zero-order chi connectivity index (χ0) is 29.5. The molecule has 1 N–H and O–H groups in total. The number of hydrogen-bond acceptors (Lipinski definition) is 6. The monoisotopic (exact) mass is 561 g/mol. The molecular formula is C32H40FN5O3. The van der Waals surface area contributed by atoms with E-state index in [1.165, 1.54) is 0 Å². The van der Waals surface area contributed by atoms with Crippen molar-refractivity contribution in [2.24, 2.45) is 5.92 Å². The van der Waals surface area contributed by atoms with Gasteiger partial charge in [-0.15, -0.1) is 0 Å². The third-order valence-corrected chi connectivity index (χ3v) is 7.61. The number of nitrogens with one attached hydrogen (secondary N) is 1. The summed E-state index contributed by atoms with van der Waals surface area (Å²) >= 11 is 0. The second-order valence-electron chi connectivity index (χ2n) is 11.0. The minimum absolute atomic E-state index is 0.0784. The normalized spacial score (nSPS) is 18.4. The Balaban J connectivity index is 1.55. The Kier molecular flexibility index (Phi) is 10.2. The van der Waals surface area contributed by atoms with E-state index in [4.69, 9.17) is 4.74 Å². The third kappa shape index (κ3) is 7.15. The zero-order valence-corrected chi connectivity index (χ0v) is 24.5. The Morgan fingerprint density at radius 1 is 1.07 bits per heavy atom. The average Bonchev–Trinajstić information content (AvgIpc) is 2.98. The summed E-state index contributed by atoms with van der Waals surface area (Å²) in [5.74, 6) is -0.937. The first kappa shape index (κ1) is 30.3. The second kappa shape index (κ2) is 13.8. The van der Waals surface area contributed by atoms with Crippen molar-refractivity contribution in [1.29, 1.82) is 0 Å². The van der Waals surface area contributed by atoms with Crippen LogP contribution in [0.1, 0.15) is 50.1 Å². The predicted molar refractivity (Wildman–Crippen MR) is 156 cm³/mol. The molecule has 41 heavy (non-hydrogen) atoms. The van der Waals surface area contributed by atoms with Crippen molar-refractivity contribution >= 4 is 11.8 Å². The van der Waals surface area contributed by atoms with Gasteiger partial charge in [0.15, 0.2) is 0 Å². The summed E-state index contributed by atoms with van der Waals surface area (Å²) in [5.41, 5.74) is 3.66. The lowest BCUT2D eigenvalue weighted by molar-refractivity contribution is -0.151. The number of amides is 2. The molecule has 2 aromatic heterocycles. The maximum absolute atomic E-state index is 15.3. The molecule has 0 spiro atoms. The third-order valence-electron chi connectivity index (χ3n) is 7.61. The van der Waals surface area contributed by atoms with Crippen LogP contribution in [0, 0.1) is 18.7 Å². The van der Waals surface area contributed by atoms with Crippen molar-refractivity contribution in [3.8, 4) is 11.3 Å². The maximum Gasteiger partial charge on any atom is 0.244 e. The van der Waals surface area contributed by atoms with Crippen LogP contribution in [0.15, 0.2) is 60.9 Å². The van der Waals surface area contributed by atoms with Crippen LogP contribution in [-0.4, -0.2) is 70.5 Å². The molecule has 1 aliphatic rings. The van der Waals surface area contributed by atoms with Crippen molar-refractivity contribution in [3.05, 3.63) is 83.6 Å². The molecule has 1 fully saturated rings. The average molecular weight is 562 g/mol. The van der Waals surface area contributed by atoms with Gasteiger partial charge in [0.05, 0.1) is 17.4 Å². The number of aryl methyl sites for hydroxylation is 1. The number of hydrogen-bond donors (Lipinski definition) is 1. The molecule has 3 atom stereocenters. The van der Waals surface area contributed by atoms with Crippen LogP contribution in [0.2, 0.25) is 0 Å². The van der Waals surface area contributed by atoms with Gasteiger partial charge in [-0.1, -0.05) is 44.2 Å². The number of methoxy groups -OCH3 is 1. The fraction of sp³-hybridized carbons (Fsp3) is 0.438. The fourth-order valence-electron chi connectivity index (χ4n) is 5.40. The Morgan fingerprint density at radius 3 is 2.49 bits per heavy atom. The lowest BCUT2D eigenvalue weighted by Gasteiger charge is -2.47. The Bertz CT molecular complexity index is 1320. The van der Waals surface area contributed by atoms with Crippen molar-refractivity contribution in [1.82, 2.24) is 25.1 Å². The van der Waals surface area contributed by atoms with E-state index in [0.717, 1.165) is 16.8 Å². The number of aromatic nitrogens is 2. The number of benzene rings is 1. The van der Waals surface area contributed by atoms with Crippen LogP contribution >= 0.6 is 0 Å². The number of carbonyl (C=O) groups is 2. The van der Waals surface area contributed by atoms with E-state index in [9.17, 15) is 9.59 Å². The van der Waals surface area contributed by atoms with E-state index in [2.05, 4.69) is 20.2 Å². The van der Waals surface area contributed by atoms with E-state index in [-0.39, 0.29) is 36.1 Å². The van der Waals surface area contributed by atoms with Crippen molar-refractivity contribution in [2.45, 2.75) is 58.8 Å². The minimum Gasteiger partial charge on any atom is -0.385 e. The summed E-state index contributed by atoms with van der Waals surface area (Å²) in [6.07, 6.45) is 3.87. The molecule has 3 heterocycles. The summed E-state index contributed by atoms with van der Waals surface area (Å²) < 4.78 is 20.6. The van der Waals surface area contributed by atoms with E-state index in [0.29, 0.717) is 37.4 Å². The SMILES string of the molecule is COCC[C@H](c1nccc(C)c1F)N1C[C@@H](C)N(C(=O)C(C)C)[C@@H](C(=O)NCc2ccc(-c3ccccn3)cc2)C1. The zero-order valence-electron chi connectivity index (χ0n) is 24.5. The summed E-state index contributed by atoms with van der Waals surface area (Å²) in [4.78, 5) is 39.6. The highest BCUT2D eigenvalue weighted by atomic mass is 19.1. The van der Waals surface area contributed by atoms with Gasteiger partial charge in [-0.3, -0.25) is 24.5 Å². The van der Waals surface area contributed by atoms with Crippen LogP contribution in [-0.2, 0) is 20.9 Å². The predicted octanol–water partition coefficient (Wildman–Crippen LogP) is 4.54. The molecule has 0 unspecified atom stereocenters. The molecule has 218 valence electrons. The van der Waals surface area contributed by atoms with E-state index in [1.54, 1.807) is 37.4 Å². The highest BCUT2D eigenvalue weighted by Crippen LogP contribution is 2.31. The highest BCUT2D eigenvalue weighted by molar-refractivity contribution is 5.89. The Morgan fingerprint density at radius 2 is 1.83 bits per heavy atom. The summed E-state index contributed by atoms with van der Waals surface area (Å²) in [5, 5.41) is 3.05. The van der Waals surface area contributed by atoms with Crippen molar-refractivity contribution in [2.75, 3.05) is 26.8 Å². The van der Waals surface area contributed by atoms with Crippen LogP contribution in [0.25, 0.3) is 11.3 Å². The summed E-state index contributed by atoms with van der Waals surface area (Å²) in [6, 6.07) is 13.9. The van der Waals surface area contributed by atoms with Gasteiger partial charge in [-0.05, 0) is 49.6 Å². The van der Waals surface area contributed by atoms with Gasteiger partial charge in [-0.25, -0.2) is 4.39 Å². The quantitative estimate of drug-likeness (QED) is 0.391. The molecule has 9 heteroatoms. The van der Waals surface area contributed by atoms with Gasteiger partial charge in [0.2, 0.25) is 11.8 Å². The molecular weight excluding hydrogens is 521 g/mol. The van der Waals surface area contributed by atoms with Crippen molar-refractivity contribution < 1.29 is 18.7 Å². The largest absolute Gasteiger partial charge is 0.385 e. The van der Waals surface area contributed by atoms with Gasteiger partial charge in [0, 0.05) is 63.3 Å². The minimum atomic E-state index is -0.737. The molecule has 8 nitrogen and oxygen atoms in total. The molecule has 0 aliphatic carbocycles. The first-order valence-corrected chi connectivity index (χ1v) is 14.2. The number of nitrogens with zero attached hydrogens (tertiary/aromatic N) is 4. The van der Waals surface area contributed by atoms with Gasteiger partial charge in [0.25, 0.3) is 0 Å². The lowest BCUT2D eigenvalue weighted by Crippen LogP contribution is -2.65. The standard InChI is InChI=1S/C32H40FN5O3/c1-21(2)32(40)38-23(4)19-37(27(14-17-41-5)30-29(33)22(3)13-16-35-30)20-28(38)31(39)36-18-24-9-11-25(12-10-24)26-8-6-7-15-34-26/h6-13,15-16,21,23,27-28H,14,17-20H2,1-5H3,(H,36,39)/t23-,27-,28-/m1/s1. The lowest BCUT2D eigenvalue weighted by atomic mass is 9.97. The van der Waals surface area contributed by atoms with Crippen molar-refractivity contribution in [3.63, 3.8) is 0 Å². The molecule has 1 aliphatic heterocycles. The van der Waals surface area contributed by atoms with Gasteiger partial charge in [0.1, 0.15) is 11.9 Å². The number of ether oxygens (including phenoxy) is 1. The topological polar surface area (TPSA) is 87.7 Å². The van der Waals surface area contributed by atoms with Crippen LogP contribution < -0.4 is 5.32 Å². The molecule has 2 amide bonds. The molecule has 0 bridgehead atoms. The smallest absolute Gasteiger partial charge is 0.244 e. The number of pyridine rings is 2. The number of halogens is 1. The molecule has 0 radical (unpaired) electrons. The first-order chi connectivity index (χ1) is 19.7. The molecule has 3 aromatic rings. The second-order valence-corrected chi connectivity index (χ2v) is 11.0. The molecule has 4 rings (SSSR count). The fourth-order valence-corrected chi connectivity index (χ4v) is 5.40. The maximum atomic E-state index is 15.3. The van der Waals surface area contributed by atoms with Gasteiger partial charge < -0.3 is 15.0 Å². The van der Waals surface area contributed by atoms with E-state index in [1.807, 2.05) is 63.2 Å². The van der Waals surface area contributed by atoms with Crippen LogP contribution in [0.3, 0.4) is 0 Å². The molecule has 1 saturated heterocycles. The molecule has 1 aromatic carbocycles. The number of carbonyl (C=O) groups excluding carboxylic acids is 2. The Labute approximate surface area is 241 Å². The van der Waals surface area contributed by atoms with Gasteiger partial charge >= 0.3 is 0 Å². The first-order valence-electron chi connectivity index (χ1n) is 14.2. The van der Waals surface area contributed by atoms with Crippen LogP contribution in [0.4, 0.5) is 4.39 Å². The summed E-state index contributed by atoms with van der Waals surface area (Å²) in [6.45, 7) is 8.81. The molecule has 0 saturated carbocycles. The van der Waals surface area contributed by atoms with E-state index >= 15 is 4.39 Å². The van der Waals surface area contributed by atoms with Crippen LogP contribution in [0.5, 0.6) is 0 Å². The summed E-state index contributed by atoms with van der Waals surface area (Å²) in [7, 11) is 1.61. The number of piperazine rings is 1. The highest BCUT2D eigenvalue weighted by Gasteiger charge is 2.42. The van der Waals surface area contributed by atoms with E-state index < -0.39 is 12.1 Å². The Hall–Kier alpha value is -3.69. The number of rotatable bonds is 10.